The summed E-state index contributed by atoms with van der Waals surface area (Å²) in [5.74, 6) is -0.728. The van der Waals surface area contributed by atoms with E-state index in [9.17, 15) is 25.0 Å². The fraction of sp³-hybridized carbons (Fsp3) is 0. The molecule has 0 atom stereocenters. The van der Waals surface area contributed by atoms with Crippen molar-refractivity contribution in [2.45, 2.75) is 0 Å². The van der Waals surface area contributed by atoms with Crippen molar-refractivity contribution in [2.24, 2.45) is 0 Å². The molecule has 0 aliphatic carbocycles. The van der Waals surface area contributed by atoms with Crippen LogP contribution in [0.2, 0.25) is 5.02 Å². The number of thiazole rings is 1. The van der Waals surface area contributed by atoms with Crippen LogP contribution in [0.5, 0.6) is 0 Å². The number of carbonyl (C=O) groups is 1. The van der Waals surface area contributed by atoms with E-state index in [-0.39, 0.29) is 20.5 Å². The molecule has 0 fully saturated rings. The SMILES string of the molecule is N#CC(C(=O)Nc1ccccc1Cl)=c1sc(=Cc2cccc([N+](=O)[O-])c2)c(=O)n1-c1ccccc1. The lowest BCUT2D eigenvalue weighted by atomic mass is 10.2. The molecule has 1 N–H and O–H groups in total. The summed E-state index contributed by atoms with van der Waals surface area (Å²) < 4.78 is 1.59. The van der Waals surface area contributed by atoms with E-state index in [1.165, 1.54) is 28.8 Å². The first-order valence-electron chi connectivity index (χ1n) is 10.1. The summed E-state index contributed by atoms with van der Waals surface area (Å²) in [7, 11) is 0. The predicted molar refractivity (Wildman–Crippen MR) is 135 cm³/mol. The molecule has 1 amide bonds. The largest absolute Gasteiger partial charge is 0.320 e. The van der Waals surface area contributed by atoms with Gasteiger partial charge in [0.15, 0.2) is 5.57 Å². The smallest absolute Gasteiger partial charge is 0.273 e. The van der Waals surface area contributed by atoms with E-state index < -0.39 is 16.4 Å². The molecule has 0 unspecified atom stereocenters. The summed E-state index contributed by atoms with van der Waals surface area (Å²) in [4.78, 5) is 37.1. The summed E-state index contributed by atoms with van der Waals surface area (Å²) >= 11 is 7.07. The highest BCUT2D eigenvalue weighted by molar-refractivity contribution is 7.07. The number of rotatable bonds is 5. The minimum Gasteiger partial charge on any atom is -0.320 e. The Morgan fingerprint density at radius 2 is 1.80 bits per heavy atom. The number of halogens is 1. The van der Waals surface area contributed by atoms with Crippen LogP contribution in [0, 0.1) is 21.4 Å². The van der Waals surface area contributed by atoms with Crippen LogP contribution < -0.4 is 20.1 Å². The van der Waals surface area contributed by atoms with Crippen molar-refractivity contribution in [1.82, 2.24) is 4.57 Å². The van der Waals surface area contributed by atoms with Gasteiger partial charge in [-0.2, -0.15) is 5.26 Å². The van der Waals surface area contributed by atoms with E-state index in [1.54, 1.807) is 60.7 Å². The molecule has 0 spiro atoms. The number of nitrogens with zero attached hydrogens (tertiary/aromatic N) is 3. The van der Waals surface area contributed by atoms with Gasteiger partial charge < -0.3 is 5.32 Å². The molecule has 35 heavy (non-hydrogen) atoms. The van der Waals surface area contributed by atoms with Crippen molar-refractivity contribution in [3.05, 3.63) is 119 Å². The minimum atomic E-state index is -0.728. The average Bonchev–Trinajstić information content (AvgIpc) is 3.17. The number of nitro benzene ring substituents is 1. The molecule has 0 radical (unpaired) electrons. The summed E-state index contributed by atoms with van der Waals surface area (Å²) in [5, 5.41) is 23.9. The zero-order valence-electron chi connectivity index (χ0n) is 17.8. The van der Waals surface area contributed by atoms with Gasteiger partial charge in [0.2, 0.25) is 0 Å². The van der Waals surface area contributed by atoms with E-state index in [1.807, 2.05) is 6.07 Å². The van der Waals surface area contributed by atoms with E-state index in [0.717, 1.165) is 11.3 Å². The van der Waals surface area contributed by atoms with Crippen LogP contribution in [-0.4, -0.2) is 15.4 Å². The number of nitriles is 1. The molecule has 4 rings (SSSR count). The van der Waals surface area contributed by atoms with Crippen LogP contribution in [-0.2, 0) is 4.79 Å². The maximum Gasteiger partial charge on any atom is 0.273 e. The number of carbonyl (C=O) groups excluding carboxylic acids is 1. The average molecular weight is 503 g/mol. The zero-order valence-corrected chi connectivity index (χ0v) is 19.4. The second-order valence-corrected chi connectivity index (χ2v) is 8.60. The summed E-state index contributed by atoms with van der Waals surface area (Å²) in [6, 6.07) is 22.9. The highest BCUT2D eigenvalue weighted by Crippen LogP contribution is 2.21. The summed E-state index contributed by atoms with van der Waals surface area (Å²) in [6.45, 7) is 0. The van der Waals surface area contributed by atoms with Crippen LogP contribution in [0.25, 0.3) is 17.3 Å². The molecule has 1 heterocycles. The van der Waals surface area contributed by atoms with E-state index in [2.05, 4.69) is 5.32 Å². The number of amides is 1. The van der Waals surface area contributed by atoms with Crippen LogP contribution >= 0.6 is 22.9 Å². The highest BCUT2D eigenvalue weighted by Gasteiger charge is 2.18. The highest BCUT2D eigenvalue weighted by atomic mass is 35.5. The van der Waals surface area contributed by atoms with Crippen LogP contribution in [0.3, 0.4) is 0 Å². The standard InChI is InChI=1S/C25H15ClN4O4S/c26-20-11-4-5-12-21(20)28-23(31)19(15-27)25-29(17-8-2-1-3-9-17)24(32)22(35-25)14-16-7-6-10-18(13-16)30(33)34/h1-14H,(H,28,31). The number of hydrogen-bond donors (Lipinski definition) is 1. The quantitative estimate of drug-likeness (QED) is 0.330. The summed E-state index contributed by atoms with van der Waals surface area (Å²) in [6.07, 6.45) is 1.49. The van der Waals surface area contributed by atoms with Crippen molar-refractivity contribution in [3.63, 3.8) is 0 Å². The van der Waals surface area contributed by atoms with Gasteiger partial charge in [0, 0.05) is 12.1 Å². The number of para-hydroxylation sites is 2. The third-order valence-electron chi connectivity index (χ3n) is 4.89. The summed E-state index contributed by atoms with van der Waals surface area (Å²) in [5.41, 5.74) is 0.336. The Bertz CT molecular complexity index is 1670. The number of hydrogen-bond acceptors (Lipinski definition) is 6. The molecule has 0 aliphatic rings. The number of nitrogens with one attached hydrogen (secondary N) is 1. The van der Waals surface area contributed by atoms with Gasteiger partial charge in [0.25, 0.3) is 17.2 Å². The molecule has 3 aromatic carbocycles. The second kappa shape index (κ2) is 10.2. The molecule has 8 nitrogen and oxygen atoms in total. The number of benzene rings is 3. The fourth-order valence-electron chi connectivity index (χ4n) is 3.28. The first-order valence-corrected chi connectivity index (χ1v) is 11.3. The first kappa shape index (κ1) is 23.6. The van der Waals surface area contributed by atoms with Gasteiger partial charge in [-0.1, -0.05) is 54.1 Å². The minimum absolute atomic E-state index is 0.116. The van der Waals surface area contributed by atoms with Crippen molar-refractivity contribution in [2.75, 3.05) is 5.32 Å². The maximum absolute atomic E-state index is 13.4. The topological polar surface area (TPSA) is 118 Å². The van der Waals surface area contributed by atoms with Crippen LogP contribution in [0.4, 0.5) is 11.4 Å². The Morgan fingerprint density at radius 3 is 2.49 bits per heavy atom. The number of anilines is 1. The second-order valence-electron chi connectivity index (χ2n) is 7.16. The van der Waals surface area contributed by atoms with Crippen molar-refractivity contribution < 1.29 is 9.72 Å². The van der Waals surface area contributed by atoms with Gasteiger partial charge in [0.05, 0.1) is 25.9 Å². The molecular weight excluding hydrogens is 488 g/mol. The van der Waals surface area contributed by atoms with E-state index >= 15 is 0 Å². The van der Waals surface area contributed by atoms with Crippen molar-refractivity contribution in [3.8, 4) is 11.8 Å². The fourth-order valence-corrected chi connectivity index (χ4v) is 4.57. The predicted octanol–water partition coefficient (Wildman–Crippen LogP) is 3.60. The first-order chi connectivity index (χ1) is 16.9. The number of aromatic nitrogens is 1. The lowest BCUT2D eigenvalue weighted by Crippen LogP contribution is -2.32. The van der Waals surface area contributed by atoms with E-state index in [4.69, 9.17) is 11.6 Å². The van der Waals surface area contributed by atoms with Gasteiger partial charge in [0.1, 0.15) is 10.7 Å². The number of nitro groups is 1. The normalized spacial score (nSPS) is 12.1. The Morgan fingerprint density at radius 1 is 1.09 bits per heavy atom. The van der Waals surface area contributed by atoms with Gasteiger partial charge in [-0.3, -0.25) is 24.3 Å². The Balaban J connectivity index is 1.96. The molecule has 1 aromatic heterocycles. The van der Waals surface area contributed by atoms with Crippen molar-refractivity contribution >= 4 is 51.9 Å². The molecule has 172 valence electrons. The molecule has 0 saturated heterocycles. The third-order valence-corrected chi connectivity index (χ3v) is 6.31. The molecule has 10 heteroatoms. The monoisotopic (exact) mass is 502 g/mol. The molecule has 0 bridgehead atoms. The molecular formula is C25H15ClN4O4S. The van der Waals surface area contributed by atoms with Crippen LogP contribution in [0.1, 0.15) is 5.56 Å². The van der Waals surface area contributed by atoms with E-state index in [0.29, 0.717) is 22.0 Å². The Kier molecular flexibility index (Phi) is 6.87. The third kappa shape index (κ3) is 5.04. The molecule has 0 saturated carbocycles. The van der Waals surface area contributed by atoms with Crippen LogP contribution in [0.15, 0.2) is 83.7 Å². The maximum atomic E-state index is 13.4. The number of non-ortho nitro benzene ring substituents is 1. The van der Waals surface area contributed by atoms with Gasteiger partial charge in [-0.15, -0.1) is 11.3 Å². The lowest BCUT2D eigenvalue weighted by Gasteiger charge is -2.07. The lowest BCUT2D eigenvalue weighted by molar-refractivity contribution is -0.384. The van der Waals surface area contributed by atoms with Gasteiger partial charge >= 0.3 is 0 Å². The van der Waals surface area contributed by atoms with Gasteiger partial charge in [-0.25, -0.2) is 0 Å². The molecule has 4 aromatic rings. The molecule has 0 aliphatic heterocycles. The zero-order chi connectivity index (χ0) is 24.9. The Labute approximate surface area is 207 Å². The van der Waals surface area contributed by atoms with Crippen molar-refractivity contribution in [1.29, 1.82) is 5.26 Å². The van der Waals surface area contributed by atoms with Gasteiger partial charge in [-0.05, 0) is 35.9 Å². The Hall–Kier alpha value is -4.52.